The van der Waals surface area contributed by atoms with Gasteiger partial charge in [0.1, 0.15) is 17.4 Å². The lowest BCUT2D eigenvalue weighted by Gasteiger charge is -2.27. The lowest BCUT2D eigenvalue weighted by Crippen LogP contribution is -2.41. The standard InChI is InChI=1S/C20H20N2O2/c1-14-6-4-8-17(10-14)20(2,3)22-19(24)16(13-21)11-15-7-5-9-18(23)12-15/h4-12,23H,1-3H3,(H,22,24)/b16-11+. The van der Waals surface area contributed by atoms with Crippen molar-refractivity contribution in [1.82, 2.24) is 5.32 Å². The van der Waals surface area contributed by atoms with Crippen molar-refractivity contribution in [2.24, 2.45) is 0 Å². The fourth-order valence-electron chi connectivity index (χ4n) is 2.39. The first-order chi connectivity index (χ1) is 11.3. The van der Waals surface area contributed by atoms with E-state index in [1.165, 1.54) is 18.2 Å². The van der Waals surface area contributed by atoms with Crippen LogP contribution in [0, 0.1) is 18.3 Å². The summed E-state index contributed by atoms with van der Waals surface area (Å²) < 4.78 is 0. The van der Waals surface area contributed by atoms with Crippen LogP contribution in [0.3, 0.4) is 0 Å². The third-order valence-corrected chi connectivity index (χ3v) is 3.71. The van der Waals surface area contributed by atoms with Crippen molar-refractivity contribution in [1.29, 1.82) is 5.26 Å². The lowest BCUT2D eigenvalue weighted by molar-refractivity contribution is -0.118. The Morgan fingerprint density at radius 1 is 1.21 bits per heavy atom. The average Bonchev–Trinajstić information content (AvgIpc) is 2.52. The molecule has 24 heavy (non-hydrogen) atoms. The van der Waals surface area contributed by atoms with Crippen molar-refractivity contribution in [3.8, 4) is 11.8 Å². The van der Waals surface area contributed by atoms with E-state index < -0.39 is 11.4 Å². The molecule has 2 aromatic carbocycles. The summed E-state index contributed by atoms with van der Waals surface area (Å²) in [6.45, 7) is 5.77. The summed E-state index contributed by atoms with van der Waals surface area (Å²) in [5, 5.41) is 21.7. The summed E-state index contributed by atoms with van der Waals surface area (Å²) in [7, 11) is 0. The van der Waals surface area contributed by atoms with E-state index in [-0.39, 0.29) is 11.3 Å². The van der Waals surface area contributed by atoms with Gasteiger partial charge in [0.25, 0.3) is 5.91 Å². The highest BCUT2D eigenvalue weighted by Crippen LogP contribution is 2.22. The van der Waals surface area contributed by atoms with Gasteiger partial charge in [0.05, 0.1) is 5.54 Å². The molecule has 2 aromatic rings. The van der Waals surface area contributed by atoms with E-state index >= 15 is 0 Å². The van der Waals surface area contributed by atoms with E-state index in [1.54, 1.807) is 12.1 Å². The molecule has 0 radical (unpaired) electrons. The van der Waals surface area contributed by atoms with E-state index in [1.807, 2.05) is 51.1 Å². The van der Waals surface area contributed by atoms with Crippen LogP contribution in [0.2, 0.25) is 0 Å². The maximum atomic E-state index is 12.5. The second-order valence-corrected chi connectivity index (χ2v) is 6.21. The smallest absolute Gasteiger partial charge is 0.262 e. The normalized spacial score (nSPS) is 11.7. The van der Waals surface area contributed by atoms with Crippen LogP contribution in [0.1, 0.15) is 30.5 Å². The molecular formula is C20H20N2O2. The Morgan fingerprint density at radius 3 is 2.54 bits per heavy atom. The molecule has 0 saturated carbocycles. The van der Waals surface area contributed by atoms with Crippen LogP contribution in [0.15, 0.2) is 54.1 Å². The zero-order chi connectivity index (χ0) is 17.7. The maximum Gasteiger partial charge on any atom is 0.262 e. The quantitative estimate of drug-likeness (QED) is 0.667. The number of nitrogens with one attached hydrogen (secondary N) is 1. The number of carbonyl (C=O) groups is 1. The summed E-state index contributed by atoms with van der Waals surface area (Å²) in [4.78, 5) is 12.5. The summed E-state index contributed by atoms with van der Waals surface area (Å²) in [5.74, 6) is -0.367. The summed E-state index contributed by atoms with van der Waals surface area (Å²) in [6.07, 6.45) is 1.46. The zero-order valence-electron chi connectivity index (χ0n) is 14.0. The minimum absolute atomic E-state index is 0.0127. The number of benzene rings is 2. The van der Waals surface area contributed by atoms with Crippen molar-refractivity contribution in [3.05, 3.63) is 70.8 Å². The number of rotatable bonds is 4. The Kier molecular flexibility index (Phi) is 5.05. The number of nitrogens with zero attached hydrogens (tertiary/aromatic N) is 1. The van der Waals surface area contributed by atoms with Gasteiger partial charge in [-0.05, 0) is 50.1 Å². The molecule has 1 amide bonds. The average molecular weight is 320 g/mol. The van der Waals surface area contributed by atoms with Gasteiger partial charge >= 0.3 is 0 Å². The van der Waals surface area contributed by atoms with E-state index in [2.05, 4.69) is 5.32 Å². The van der Waals surface area contributed by atoms with Crippen LogP contribution in [0.5, 0.6) is 5.75 Å². The molecule has 122 valence electrons. The highest BCUT2D eigenvalue weighted by atomic mass is 16.3. The third-order valence-electron chi connectivity index (χ3n) is 3.71. The second kappa shape index (κ2) is 7.01. The van der Waals surface area contributed by atoms with Gasteiger partial charge in [-0.3, -0.25) is 4.79 Å². The van der Waals surface area contributed by atoms with Crippen LogP contribution in [0.4, 0.5) is 0 Å². The summed E-state index contributed by atoms with van der Waals surface area (Å²) >= 11 is 0. The van der Waals surface area contributed by atoms with Gasteiger partial charge < -0.3 is 10.4 Å². The van der Waals surface area contributed by atoms with Crippen LogP contribution in [-0.2, 0) is 10.3 Å². The second-order valence-electron chi connectivity index (χ2n) is 6.21. The highest BCUT2D eigenvalue weighted by molar-refractivity contribution is 6.02. The Balaban J connectivity index is 2.25. The molecule has 4 heteroatoms. The topological polar surface area (TPSA) is 73.1 Å². The first-order valence-electron chi connectivity index (χ1n) is 7.62. The van der Waals surface area contributed by atoms with Gasteiger partial charge in [0.2, 0.25) is 0 Å². The van der Waals surface area contributed by atoms with Crippen LogP contribution in [0.25, 0.3) is 6.08 Å². The molecule has 0 heterocycles. The molecule has 2 rings (SSSR count). The van der Waals surface area contributed by atoms with Gasteiger partial charge in [0.15, 0.2) is 0 Å². The number of amides is 1. The van der Waals surface area contributed by atoms with Crippen molar-refractivity contribution in [2.45, 2.75) is 26.3 Å². The van der Waals surface area contributed by atoms with Crippen LogP contribution < -0.4 is 5.32 Å². The first kappa shape index (κ1) is 17.3. The van der Waals surface area contributed by atoms with Crippen molar-refractivity contribution >= 4 is 12.0 Å². The van der Waals surface area contributed by atoms with Crippen molar-refractivity contribution in [2.75, 3.05) is 0 Å². The fraction of sp³-hybridized carbons (Fsp3) is 0.200. The number of hydrogen-bond acceptors (Lipinski definition) is 3. The Bertz CT molecular complexity index is 830. The molecule has 4 nitrogen and oxygen atoms in total. The molecule has 0 aromatic heterocycles. The monoisotopic (exact) mass is 320 g/mol. The number of phenolic OH excluding ortho intramolecular Hbond substituents is 1. The molecule has 0 aliphatic heterocycles. The third kappa shape index (κ3) is 4.23. The lowest BCUT2D eigenvalue weighted by atomic mass is 9.92. The molecule has 0 spiro atoms. The minimum atomic E-state index is -0.613. The Morgan fingerprint density at radius 2 is 1.92 bits per heavy atom. The predicted octanol–water partition coefficient (Wildman–Crippen LogP) is 3.66. The molecular weight excluding hydrogens is 300 g/mol. The maximum absolute atomic E-state index is 12.5. The van der Waals surface area contributed by atoms with Gasteiger partial charge in [0, 0.05) is 0 Å². The SMILES string of the molecule is Cc1cccc(C(C)(C)NC(=O)/C(C#N)=C/c2cccc(O)c2)c1. The molecule has 0 unspecified atom stereocenters. The van der Waals surface area contributed by atoms with E-state index in [0.717, 1.165) is 11.1 Å². The fourth-order valence-corrected chi connectivity index (χ4v) is 2.39. The molecule has 0 atom stereocenters. The molecule has 0 aliphatic rings. The van der Waals surface area contributed by atoms with Gasteiger partial charge in [-0.15, -0.1) is 0 Å². The van der Waals surface area contributed by atoms with Crippen LogP contribution in [-0.4, -0.2) is 11.0 Å². The molecule has 2 N–H and O–H groups in total. The molecule has 0 bridgehead atoms. The van der Waals surface area contributed by atoms with Crippen LogP contribution >= 0.6 is 0 Å². The number of nitriles is 1. The molecule has 0 saturated heterocycles. The number of aromatic hydroxyl groups is 1. The largest absolute Gasteiger partial charge is 0.508 e. The molecule has 0 fully saturated rings. The minimum Gasteiger partial charge on any atom is -0.508 e. The van der Waals surface area contributed by atoms with Crippen molar-refractivity contribution < 1.29 is 9.90 Å². The van der Waals surface area contributed by atoms with E-state index in [0.29, 0.717) is 5.56 Å². The number of aryl methyl sites for hydroxylation is 1. The van der Waals surface area contributed by atoms with Gasteiger partial charge in [-0.2, -0.15) is 5.26 Å². The van der Waals surface area contributed by atoms with E-state index in [4.69, 9.17) is 0 Å². The summed E-state index contributed by atoms with van der Waals surface area (Å²) in [6, 6.07) is 16.2. The Labute approximate surface area is 142 Å². The summed E-state index contributed by atoms with van der Waals surface area (Å²) in [5.41, 5.74) is 2.03. The van der Waals surface area contributed by atoms with Crippen molar-refractivity contribution in [3.63, 3.8) is 0 Å². The predicted molar refractivity (Wildman–Crippen MR) is 94.0 cm³/mol. The number of carbonyl (C=O) groups excluding carboxylic acids is 1. The highest BCUT2D eigenvalue weighted by Gasteiger charge is 2.24. The number of hydrogen-bond donors (Lipinski definition) is 2. The van der Waals surface area contributed by atoms with E-state index in [9.17, 15) is 15.2 Å². The first-order valence-corrected chi connectivity index (χ1v) is 7.62. The molecule has 0 aliphatic carbocycles. The van der Waals surface area contributed by atoms with Gasteiger partial charge in [-0.25, -0.2) is 0 Å². The zero-order valence-corrected chi connectivity index (χ0v) is 14.0. The Hall–Kier alpha value is -3.06. The van der Waals surface area contributed by atoms with Gasteiger partial charge in [-0.1, -0.05) is 42.0 Å². The number of phenols is 1.